The first-order valence-electron chi connectivity index (χ1n) is 3.89. The van der Waals surface area contributed by atoms with Crippen LogP contribution in [0, 0.1) is 11.3 Å². The topological polar surface area (TPSA) is 48.2 Å². The summed E-state index contributed by atoms with van der Waals surface area (Å²) in [7, 11) is 0. The molecule has 0 saturated heterocycles. The highest BCUT2D eigenvalue weighted by Gasteiger charge is 1.91. The van der Waals surface area contributed by atoms with Gasteiger partial charge in [-0.3, -0.25) is 0 Å². The van der Waals surface area contributed by atoms with E-state index in [9.17, 15) is 0 Å². The van der Waals surface area contributed by atoms with Crippen molar-refractivity contribution >= 4 is 28.9 Å². The van der Waals surface area contributed by atoms with Crippen molar-refractivity contribution in [1.29, 1.82) is 5.26 Å². The van der Waals surface area contributed by atoms with Gasteiger partial charge in [0, 0.05) is 6.54 Å². The molecule has 1 rings (SSSR count). The molecule has 0 radical (unpaired) electrons. The normalized spacial score (nSPS) is 11.0. The maximum absolute atomic E-state index is 8.30. The van der Waals surface area contributed by atoms with Gasteiger partial charge >= 0.3 is 0 Å². The Labute approximate surface area is 92.1 Å². The second-order valence-electron chi connectivity index (χ2n) is 2.39. The molecule has 5 heteroatoms. The molecule has 0 bridgehead atoms. The Hall–Kier alpha value is -1.02. The Balaban J connectivity index is 2.27. The third kappa shape index (κ3) is 4.28. The van der Waals surface area contributed by atoms with Crippen molar-refractivity contribution in [2.24, 2.45) is 4.40 Å². The Bertz CT molecular complexity index is 345. The van der Waals surface area contributed by atoms with Crippen LogP contribution < -0.4 is 4.72 Å². The smallest absolute Gasteiger partial charge is 0.215 e. The first kappa shape index (κ1) is 11.1. The molecule has 0 heterocycles. The zero-order valence-electron chi connectivity index (χ0n) is 7.27. The second-order valence-corrected chi connectivity index (χ2v) is 3.40. The molecule has 3 nitrogen and oxygen atoms in total. The molecule has 0 unspecified atom stereocenters. The fourth-order valence-corrected chi connectivity index (χ4v) is 1.32. The third-order valence-electron chi connectivity index (χ3n) is 1.40. The van der Waals surface area contributed by atoms with Gasteiger partial charge in [0.2, 0.25) is 5.17 Å². The van der Waals surface area contributed by atoms with Crippen LogP contribution >= 0.6 is 23.7 Å². The molecule has 0 aromatic heterocycles. The van der Waals surface area contributed by atoms with Crippen molar-refractivity contribution in [3.8, 4) is 6.07 Å². The van der Waals surface area contributed by atoms with Crippen LogP contribution in [0.25, 0.3) is 0 Å². The van der Waals surface area contributed by atoms with E-state index in [2.05, 4.69) is 9.12 Å². The molecule has 1 aromatic rings. The highest BCUT2D eigenvalue weighted by Crippen LogP contribution is 2.03. The lowest BCUT2D eigenvalue weighted by atomic mass is 10.2. The van der Waals surface area contributed by atoms with Gasteiger partial charge in [0.05, 0.1) is 12.1 Å². The summed E-state index contributed by atoms with van der Waals surface area (Å²) in [5, 5.41) is 8.24. The number of halogens is 1. The van der Waals surface area contributed by atoms with Crippen molar-refractivity contribution in [2.75, 3.05) is 0 Å². The number of rotatable bonds is 4. The Kier molecular flexibility index (Phi) is 5.08. The molecule has 14 heavy (non-hydrogen) atoms. The largest absolute Gasteiger partial charge is 0.240 e. The first-order valence-corrected chi connectivity index (χ1v) is 5.04. The minimum Gasteiger partial charge on any atom is -0.240 e. The molecule has 0 amide bonds. The van der Waals surface area contributed by atoms with Gasteiger partial charge in [-0.2, -0.15) is 9.66 Å². The van der Waals surface area contributed by atoms with Gasteiger partial charge < -0.3 is 0 Å². The summed E-state index contributed by atoms with van der Waals surface area (Å²) in [6, 6.07) is 11.6. The highest BCUT2D eigenvalue weighted by atomic mass is 35.5. The fourth-order valence-electron chi connectivity index (χ4n) is 0.804. The van der Waals surface area contributed by atoms with Gasteiger partial charge in [0.15, 0.2) is 0 Å². The van der Waals surface area contributed by atoms with Crippen molar-refractivity contribution in [3.63, 3.8) is 0 Å². The van der Waals surface area contributed by atoms with Gasteiger partial charge in [0.25, 0.3) is 0 Å². The molecule has 0 fully saturated rings. The lowest BCUT2D eigenvalue weighted by Gasteiger charge is -1.98. The summed E-state index contributed by atoms with van der Waals surface area (Å²) in [5.74, 6) is 0. The number of nitrogens with one attached hydrogen (secondary N) is 1. The second kappa shape index (κ2) is 6.44. The van der Waals surface area contributed by atoms with E-state index in [1.165, 1.54) is 0 Å². The number of benzene rings is 1. The third-order valence-corrected chi connectivity index (χ3v) is 2.22. The van der Waals surface area contributed by atoms with Crippen LogP contribution in [0.1, 0.15) is 5.56 Å². The minimum atomic E-state index is -0.0597. The fraction of sp³-hybridized carbons (Fsp3) is 0.111. The molecule has 0 saturated carbocycles. The molecular formula is C9H8ClN3S. The predicted octanol–water partition coefficient (Wildman–Crippen LogP) is 2.50. The summed E-state index contributed by atoms with van der Waals surface area (Å²) in [6.07, 6.45) is 0. The van der Waals surface area contributed by atoms with E-state index in [0.717, 1.165) is 17.7 Å². The monoisotopic (exact) mass is 225 g/mol. The lowest BCUT2D eigenvalue weighted by Crippen LogP contribution is -2.01. The number of nitriles is 1. The zero-order chi connectivity index (χ0) is 10.2. The average Bonchev–Trinajstić information content (AvgIpc) is 2.25. The van der Waals surface area contributed by atoms with Crippen molar-refractivity contribution in [1.82, 2.24) is 4.72 Å². The molecule has 0 aliphatic rings. The summed E-state index contributed by atoms with van der Waals surface area (Å²) in [6.45, 7) is 0.685. The molecule has 1 N–H and O–H groups in total. The van der Waals surface area contributed by atoms with Gasteiger partial charge in [0.1, 0.15) is 6.07 Å². The SMILES string of the molecule is N#CC(Cl)=NSNCc1ccccc1. The highest BCUT2D eigenvalue weighted by molar-refractivity contribution is 7.96. The Morgan fingerprint density at radius 2 is 2.21 bits per heavy atom. The number of hydrogen-bond acceptors (Lipinski definition) is 4. The Morgan fingerprint density at radius 3 is 2.86 bits per heavy atom. The number of hydrogen-bond donors (Lipinski definition) is 1. The van der Waals surface area contributed by atoms with Crippen LogP contribution in [-0.2, 0) is 6.54 Å². The van der Waals surface area contributed by atoms with E-state index in [4.69, 9.17) is 16.9 Å². The average molecular weight is 226 g/mol. The molecule has 0 aliphatic heterocycles. The first-order chi connectivity index (χ1) is 6.83. The zero-order valence-corrected chi connectivity index (χ0v) is 8.85. The van der Waals surface area contributed by atoms with E-state index in [-0.39, 0.29) is 5.17 Å². The van der Waals surface area contributed by atoms with Crippen molar-refractivity contribution in [2.45, 2.75) is 6.54 Å². The van der Waals surface area contributed by atoms with Gasteiger partial charge in [-0.05, 0) is 17.2 Å². The van der Waals surface area contributed by atoms with E-state index < -0.39 is 0 Å². The predicted molar refractivity (Wildman–Crippen MR) is 59.8 cm³/mol. The Morgan fingerprint density at radius 1 is 1.50 bits per heavy atom. The maximum atomic E-state index is 8.30. The minimum absolute atomic E-state index is 0.0597. The standard InChI is InChI=1S/C9H8ClN3S/c10-9(6-11)13-14-12-7-8-4-2-1-3-5-8/h1-5,12H,7H2. The summed E-state index contributed by atoms with van der Waals surface area (Å²) in [4.78, 5) is 0. The maximum Gasteiger partial charge on any atom is 0.215 e. The summed E-state index contributed by atoms with van der Waals surface area (Å²) < 4.78 is 6.64. The van der Waals surface area contributed by atoms with E-state index >= 15 is 0 Å². The van der Waals surface area contributed by atoms with Crippen LogP contribution in [0.2, 0.25) is 0 Å². The summed E-state index contributed by atoms with van der Waals surface area (Å²) >= 11 is 6.44. The van der Waals surface area contributed by atoms with Gasteiger partial charge in [-0.25, -0.2) is 4.72 Å². The van der Waals surface area contributed by atoms with Gasteiger partial charge in [-0.15, -0.1) is 0 Å². The summed E-state index contributed by atoms with van der Waals surface area (Å²) in [5.41, 5.74) is 1.16. The molecule has 0 spiro atoms. The molecule has 1 aromatic carbocycles. The number of nitrogens with zero attached hydrogens (tertiary/aromatic N) is 2. The molecular weight excluding hydrogens is 218 g/mol. The van der Waals surface area contributed by atoms with Crippen LogP contribution in [0.3, 0.4) is 0 Å². The van der Waals surface area contributed by atoms with Crippen LogP contribution in [0.4, 0.5) is 0 Å². The van der Waals surface area contributed by atoms with E-state index in [1.54, 1.807) is 6.07 Å². The molecule has 0 aliphatic carbocycles. The van der Waals surface area contributed by atoms with E-state index in [0.29, 0.717) is 6.54 Å². The lowest BCUT2D eigenvalue weighted by molar-refractivity contribution is 0.978. The van der Waals surface area contributed by atoms with Crippen LogP contribution in [0.15, 0.2) is 34.7 Å². The van der Waals surface area contributed by atoms with E-state index in [1.807, 2.05) is 30.3 Å². The van der Waals surface area contributed by atoms with Gasteiger partial charge in [-0.1, -0.05) is 30.3 Å². The quantitative estimate of drug-likeness (QED) is 0.487. The molecule has 0 atom stereocenters. The van der Waals surface area contributed by atoms with Crippen molar-refractivity contribution in [3.05, 3.63) is 35.9 Å². The van der Waals surface area contributed by atoms with Crippen molar-refractivity contribution < 1.29 is 0 Å². The van der Waals surface area contributed by atoms with Crippen LogP contribution in [0.5, 0.6) is 0 Å². The molecule has 72 valence electrons. The van der Waals surface area contributed by atoms with Crippen LogP contribution in [-0.4, -0.2) is 5.17 Å².